The largest absolute Gasteiger partial charge is 0.416 e. The Kier molecular flexibility index (Phi) is 5.02. The molecule has 0 heterocycles. The summed E-state index contributed by atoms with van der Waals surface area (Å²) in [5.41, 5.74) is -0.484. The van der Waals surface area contributed by atoms with Crippen molar-refractivity contribution in [1.82, 2.24) is 5.32 Å². The molecule has 2 N–H and O–H groups in total. The Balaban J connectivity index is 1.76. The summed E-state index contributed by atoms with van der Waals surface area (Å²) in [6, 6.07) is 8.81. The quantitative estimate of drug-likeness (QED) is 0.584. The van der Waals surface area contributed by atoms with Gasteiger partial charge in [-0.1, -0.05) is 12.1 Å². The minimum Gasteiger partial charge on any atom is -0.375 e. The summed E-state index contributed by atoms with van der Waals surface area (Å²) in [5, 5.41) is 16.8. The van der Waals surface area contributed by atoms with Crippen molar-refractivity contribution in [3.05, 3.63) is 69.3 Å². The number of hydrogen-bond acceptors (Lipinski definition) is 4. The molecule has 0 spiro atoms. The molecule has 2 aromatic rings. The van der Waals surface area contributed by atoms with Crippen LogP contribution in [0.25, 0.3) is 0 Å². The molecule has 0 saturated heterocycles. The molecule has 2 aromatic carbocycles. The van der Waals surface area contributed by atoms with Crippen LogP contribution in [0.5, 0.6) is 0 Å². The van der Waals surface area contributed by atoms with Crippen molar-refractivity contribution in [3.8, 4) is 0 Å². The van der Waals surface area contributed by atoms with Crippen LogP contribution in [-0.4, -0.2) is 16.9 Å². The van der Waals surface area contributed by atoms with Crippen molar-refractivity contribution in [3.63, 3.8) is 0 Å². The van der Waals surface area contributed by atoms with E-state index in [2.05, 4.69) is 10.6 Å². The van der Waals surface area contributed by atoms with E-state index < -0.39 is 16.7 Å². The highest BCUT2D eigenvalue weighted by Gasteiger charge is 2.30. The summed E-state index contributed by atoms with van der Waals surface area (Å²) >= 11 is 0. The normalized spacial score (nSPS) is 13.9. The van der Waals surface area contributed by atoms with Gasteiger partial charge in [0.05, 0.1) is 10.5 Å². The van der Waals surface area contributed by atoms with Crippen LogP contribution in [0.15, 0.2) is 42.5 Å². The number of alkyl halides is 3. The van der Waals surface area contributed by atoms with Crippen molar-refractivity contribution in [2.45, 2.75) is 31.6 Å². The topological polar surface area (TPSA) is 84.3 Å². The van der Waals surface area contributed by atoms with E-state index in [1.807, 2.05) is 0 Å². The van der Waals surface area contributed by atoms with Crippen LogP contribution in [-0.2, 0) is 12.7 Å². The summed E-state index contributed by atoms with van der Waals surface area (Å²) in [5.74, 6) is -0.384. The van der Waals surface area contributed by atoms with Gasteiger partial charge in [-0.3, -0.25) is 14.9 Å². The maximum atomic E-state index is 12.8. The summed E-state index contributed by atoms with van der Waals surface area (Å²) < 4.78 is 38.3. The van der Waals surface area contributed by atoms with Crippen molar-refractivity contribution in [2.24, 2.45) is 0 Å². The molecule has 0 aliphatic heterocycles. The van der Waals surface area contributed by atoms with Gasteiger partial charge in [0.15, 0.2) is 0 Å². The number of rotatable bonds is 6. The van der Waals surface area contributed by atoms with E-state index in [-0.39, 0.29) is 35.4 Å². The van der Waals surface area contributed by atoms with Gasteiger partial charge in [-0.05, 0) is 42.7 Å². The number of nitrogens with one attached hydrogen (secondary N) is 2. The lowest BCUT2D eigenvalue weighted by Crippen LogP contribution is -2.25. The molecule has 0 atom stereocenters. The first kappa shape index (κ1) is 18.7. The van der Waals surface area contributed by atoms with Crippen molar-refractivity contribution in [1.29, 1.82) is 0 Å². The Morgan fingerprint density at radius 3 is 2.56 bits per heavy atom. The average Bonchev–Trinajstić information content (AvgIpc) is 3.43. The molecule has 1 aliphatic carbocycles. The number of carbonyl (C=O) groups excluding carboxylic acids is 1. The predicted octanol–water partition coefficient (Wildman–Crippen LogP) is 4.12. The molecule has 1 saturated carbocycles. The van der Waals surface area contributed by atoms with Crippen molar-refractivity contribution < 1.29 is 22.9 Å². The highest BCUT2D eigenvalue weighted by molar-refractivity contribution is 5.96. The van der Waals surface area contributed by atoms with Gasteiger partial charge in [0.25, 0.3) is 11.6 Å². The Morgan fingerprint density at radius 2 is 1.93 bits per heavy atom. The van der Waals surface area contributed by atoms with Crippen LogP contribution >= 0.6 is 0 Å². The minimum atomic E-state index is -4.46. The van der Waals surface area contributed by atoms with Gasteiger partial charge < -0.3 is 10.6 Å². The average molecular weight is 379 g/mol. The summed E-state index contributed by atoms with van der Waals surface area (Å²) in [7, 11) is 0. The number of benzene rings is 2. The molecule has 3 rings (SSSR count). The molecular weight excluding hydrogens is 363 g/mol. The molecular formula is C18H16F3N3O3. The number of anilines is 1. The standard InChI is InChI=1S/C18H16F3N3O3/c19-18(20,21)13-3-1-2-11(8-13)10-22-15-7-4-12(9-16(15)24(26)27)17(25)23-14-5-6-14/h1-4,7-9,14,22H,5-6,10H2,(H,23,25). The number of nitrogens with zero attached hydrogens (tertiary/aromatic N) is 1. The Hall–Kier alpha value is -3.10. The Morgan fingerprint density at radius 1 is 1.19 bits per heavy atom. The van der Waals surface area contributed by atoms with Gasteiger partial charge in [0, 0.05) is 24.2 Å². The summed E-state index contributed by atoms with van der Waals surface area (Å²) in [4.78, 5) is 22.7. The third kappa shape index (κ3) is 4.75. The first-order valence-electron chi connectivity index (χ1n) is 8.23. The number of hydrogen-bond donors (Lipinski definition) is 2. The number of amides is 1. The van der Waals surface area contributed by atoms with E-state index in [9.17, 15) is 28.1 Å². The van der Waals surface area contributed by atoms with E-state index in [1.54, 1.807) is 0 Å². The zero-order chi connectivity index (χ0) is 19.6. The second-order valence-corrected chi connectivity index (χ2v) is 6.29. The molecule has 142 valence electrons. The second-order valence-electron chi connectivity index (χ2n) is 6.29. The highest BCUT2D eigenvalue weighted by atomic mass is 19.4. The summed E-state index contributed by atoms with van der Waals surface area (Å²) in [6.07, 6.45) is -2.67. The number of carbonyl (C=O) groups is 1. The van der Waals surface area contributed by atoms with Crippen LogP contribution < -0.4 is 10.6 Å². The lowest BCUT2D eigenvalue weighted by atomic mass is 10.1. The van der Waals surface area contributed by atoms with E-state index in [1.165, 1.54) is 24.3 Å². The SMILES string of the molecule is O=C(NC1CC1)c1ccc(NCc2cccc(C(F)(F)F)c2)c([N+](=O)[O-])c1. The third-order valence-electron chi connectivity index (χ3n) is 4.11. The zero-order valence-corrected chi connectivity index (χ0v) is 14.0. The monoisotopic (exact) mass is 379 g/mol. The first-order valence-corrected chi connectivity index (χ1v) is 8.23. The predicted molar refractivity (Wildman–Crippen MR) is 92.4 cm³/mol. The number of nitro benzene ring substituents is 1. The molecule has 27 heavy (non-hydrogen) atoms. The zero-order valence-electron chi connectivity index (χ0n) is 14.0. The molecule has 9 heteroatoms. The van der Waals surface area contributed by atoms with Gasteiger partial charge >= 0.3 is 6.18 Å². The molecule has 1 amide bonds. The highest BCUT2D eigenvalue weighted by Crippen LogP contribution is 2.30. The first-order chi connectivity index (χ1) is 12.7. The smallest absolute Gasteiger partial charge is 0.375 e. The molecule has 6 nitrogen and oxygen atoms in total. The lowest BCUT2D eigenvalue weighted by Gasteiger charge is -2.11. The maximum absolute atomic E-state index is 12.8. The number of nitro groups is 1. The molecule has 1 fully saturated rings. The molecule has 0 unspecified atom stereocenters. The van der Waals surface area contributed by atoms with Gasteiger partial charge in [-0.15, -0.1) is 0 Å². The minimum absolute atomic E-state index is 0.0294. The van der Waals surface area contributed by atoms with Crippen LogP contribution in [0.3, 0.4) is 0 Å². The fourth-order valence-electron chi connectivity index (χ4n) is 2.52. The van der Waals surface area contributed by atoms with E-state index in [4.69, 9.17) is 0 Å². The van der Waals surface area contributed by atoms with Crippen LogP contribution in [0.4, 0.5) is 24.5 Å². The van der Waals surface area contributed by atoms with Crippen molar-refractivity contribution >= 4 is 17.3 Å². The molecule has 0 aromatic heterocycles. The Labute approximate surface area is 152 Å². The fourth-order valence-corrected chi connectivity index (χ4v) is 2.52. The van der Waals surface area contributed by atoms with Crippen LogP contribution in [0.1, 0.15) is 34.3 Å². The van der Waals surface area contributed by atoms with Gasteiger partial charge in [-0.25, -0.2) is 0 Å². The van der Waals surface area contributed by atoms with E-state index in [0.717, 1.165) is 31.0 Å². The maximum Gasteiger partial charge on any atom is 0.416 e. The lowest BCUT2D eigenvalue weighted by molar-refractivity contribution is -0.384. The van der Waals surface area contributed by atoms with Gasteiger partial charge in [0.1, 0.15) is 5.69 Å². The van der Waals surface area contributed by atoms with E-state index >= 15 is 0 Å². The van der Waals surface area contributed by atoms with Gasteiger partial charge in [0.2, 0.25) is 0 Å². The van der Waals surface area contributed by atoms with Crippen LogP contribution in [0, 0.1) is 10.1 Å². The van der Waals surface area contributed by atoms with Gasteiger partial charge in [-0.2, -0.15) is 13.2 Å². The molecule has 1 aliphatic rings. The molecule has 0 radical (unpaired) electrons. The third-order valence-corrected chi connectivity index (χ3v) is 4.11. The Bertz CT molecular complexity index is 880. The second kappa shape index (κ2) is 7.26. The fraction of sp³-hybridized carbons (Fsp3) is 0.278. The van der Waals surface area contributed by atoms with Crippen LogP contribution in [0.2, 0.25) is 0 Å². The molecule has 0 bridgehead atoms. The van der Waals surface area contributed by atoms with Crippen molar-refractivity contribution in [2.75, 3.05) is 5.32 Å². The number of halogens is 3. The van der Waals surface area contributed by atoms with E-state index in [0.29, 0.717) is 5.56 Å². The summed E-state index contributed by atoms with van der Waals surface area (Å²) in [6.45, 7) is -0.0294.